The Bertz CT molecular complexity index is 359. The average molecular weight is 258 g/mol. The van der Waals surface area contributed by atoms with E-state index in [4.69, 9.17) is 23.2 Å². The molecule has 1 aliphatic carbocycles. The van der Waals surface area contributed by atoms with Gasteiger partial charge in [0.2, 0.25) is 0 Å². The van der Waals surface area contributed by atoms with Crippen LogP contribution in [0.3, 0.4) is 0 Å². The maximum absolute atomic E-state index is 6.15. The number of anilines is 1. The maximum atomic E-state index is 6.15. The summed E-state index contributed by atoms with van der Waals surface area (Å²) in [6, 6.07) is 6.20. The minimum absolute atomic E-state index is 0.471. The molecule has 1 unspecified atom stereocenters. The van der Waals surface area contributed by atoms with E-state index < -0.39 is 0 Å². The molecule has 0 heterocycles. The van der Waals surface area contributed by atoms with Crippen molar-refractivity contribution in [2.24, 2.45) is 5.92 Å². The summed E-state index contributed by atoms with van der Waals surface area (Å²) in [5, 5.41) is 4.73. The zero-order valence-electron chi connectivity index (χ0n) is 9.47. The number of benzene rings is 1. The molecule has 0 radical (unpaired) electrons. The summed E-state index contributed by atoms with van der Waals surface area (Å²) in [5.74, 6) is 0.773. The van der Waals surface area contributed by atoms with Crippen LogP contribution in [0.2, 0.25) is 10.0 Å². The zero-order valence-corrected chi connectivity index (χ0v) is 11.0. The monoisotopic (exact) mass is 257 g/mol. The molecule has 3 heteroatoms. The summed E-state index contributed by atoms with van der Waals surface area (Å²) in [7, 11) is 0. The Kier molecular flexibility index (Phi) is 3.99. The van der Waals surface area contributed by atoms with Crippen molar-refractivity contribution < 1.29 is 0 Å². The molecule has 1 aromatic carbocycles. The Morgan fingerprint density at radius 1 is 1.25 bits per heavy atom. The summed E-state index contributed by atoms with van der Waals surface area (Å²) in [6.07, 6.45) is 5.37. The summed E-state index contributed by atoms with van der Waals surface area (Å²) in [5.41, 5.74) is 0.952. The average Bonchev–Trinajstić information content (AvgIpc) is 2.78. The van der Waals surface area contributed by atoms with E-state index in [0.29, 0.717) is 16.1 Å². The van der Waals surface area contributed by atoms with Crippen LogP contribution in [-0.2, 0) is 0 Å². The minimum Gasteiger partial charge on any atom is -0.381 e. The Hall–Kier alpha value is -0.400. The first-order valence-corrected chi connectivity index (χ1v) is 6.64. The third-order valence-corrected chi connectivity index (χ3v) is 4.26. The second kappa shape index (κ2) is 5.29. The standard InChI is InChI=1S/C13H17Cl2N/c1-9(10-5-2-3-6-10)16-12-8-4-7-11(14)13(12)15/h4,7-10,16H,2-3,5-6H2,1H3. The van der Waals surface area contributed by atoms with Crippen molar-refractivity contribution >= 4 is 28.9 Å². The molecule has 1 nitrogen and oxygen atoms in total. The van der Waals surface area contributed by atoms with E-state index >= 15 is 0 Å². The van der Waals surface area contributed by atoms with Crippen LogP contribution in [-0.4, -0.2) is 6.04 Å². The number of halogens is 2. The summed E-state index contributed by atoms with van der Waals surface area (Å²) in [4.78, 5) is 0. The van der Waals surface area contributed by atoms with Crippen LogP contribution in [0.15, 0.2) is 18.2 Å². The molecule has 0 saturated heterocycles. The van der Waals surface area contributed by atoms with Crippen LogP contribution in [0.4, 0.5) is 5.69 Å². The molecular formula is C13H17Cl2N. The van der Waals surface area contributed by atoms with Crippen LogP contribution >= 0.6 is 23.2 Å². The lowest BCUT2D eigenvalue weighted by Gasteiger charge is -2.22. The topological polar surface area (TPSA) is 12.0 Å². The Balaban J connectivity index is 2.05. The molecule has 88 valence electrons. The van der Waals surface area contributed by atoms with E-state index in [9.17, 15) is 0 Å². The normalized spacial score (nSPS) is 18.7. The van der Waals surface area contributed by atoms with Gasteiger partial charge in [0.15, 0.2) is 0 Å². The molecule has 1 aromatic rings. The van der Waals surface area contributed by atoms with Gasteiger partial charge in [-0.25, -0.2) is 0 Å². The van der Waals surface area contributed by atoms with Gasteiger partial charge >= 0.3 is 0 Å². The fourth-order valence-electron chi connectivity index (χ4n) is 2.44. The highest BCUT2D eigenvalue weighted by Gasteiger charge is 2.21. The highest BCUT2D eigenvalue weighted by molar-refractivity contribution is 6.43. The molecule has 1 fully saturated rings. The van der Waals surface area contributed by atoms with Crippen molar-refractivity contribution in [2.75, 3.05) is 5.32 Å². The predicted molar refractivity (Wildman–Crippen MR) is 71.5 cm³/mol. The van der Waals surface area contributed by atoms with Gasteiger partial charge in [-0.05, 0) is 37.8 Å². The number of rotatable bonds is 3. The molecule has 0 aliphatic heterocycles. The van der Waals surface area contributed by atoms with E-state index in [1.54, 1.807) is 0 Å². The molecule has 0 bridgehead atoms. The van der Waals surface area contributed by atoms with Gasteiger partial charge in [0.25, 0.3) is 0 Å². The molecule has 0 amide bonds. The second-order valence-electron chi connectivity index (χ2n) is 4.58. The first-order valence-electron chi connectivity index (χ1n) is 5.89. The predicted octanol–water partition coefficient (Wildman–Crippen LogP) is 4.98. The highest BCUT2D eigenvalue weighted by Crippen LogP contribution is 2.33. The van der Waals surface area contributed by atoms with Gasteiger partial charge in [0.1, 0.15) is 0 Å². The van der Waals surface area contributed by atoms with Crippen molar-refractivity contribution in [3.63, 3.8) is 0 Å². The SMILES string of the molecule is CC(Nc1cccc(Cl)c1Cl)C1CCCC1. The molecule has 16 heavy (non-hydrogen) atoms. The van der Waals surface area contributed by atoms with Crippen LogP contribution in [0.25, 0.3) is 0 Å². The van der Waals surface area contributed by atoms with Gasteiger partial charge < -0.3 is 5.32 Å². The van der Waals surface area contributed by atoms with Crippen molar-refractivity contribution in [1.29, 1.82) is 0 Å². The lowest BCUT2D eigenvalue weighted by atomic mass is 9.99. The number of nitrogens with one attached hydrogen (secondary N) is 1. The number of hydrogen-bond acceptors (Lipinski definition) is 1. The van der Waals surface area contributed by atoms with Crippen LogP contribution in [0.5, 0.6) is 0 Å². The van der Waals surface area contributed by atoms with Gasteiger partial charge in [-0.1, -0.05) is 42.1 Å². The summed E-state index contributed by atoms with van der Waals surface area (Å²) < 4.78 is 0. The Labute approximate surface area is 107 Å². The largest absolute Gasteiger partial charge is 0.381 e. The van der Waals surface area contributed by atoms with E-state index in [0.717, 1.165) is 11.6 Å². The van der Waals surface area contributed by atoms with E-state index in [1.807, 2.05) is 18.2 Å². The van der Waals surface area contributed by atoms with E-state index in [2.05, 4.69) is 12.2 Å². The summed E-state index contributed by atoms with van der Waals surface area (Å²) in [6.45, 7) is 2.23. The van der Waals surface area contributed by atoms with Gasteiger partial charge in [-0.2, -0.15) is 0 Å². The lowest BCUT2D eigenvalue weighted by molar-refractivity contribution is 0.482. The van der Waals surface area contributed by atoms with E-state index in [1.165, 1.54) is 25.7 Å². The molecule has 2 rings (SSSR count). The van der Waals surface area contributed by atoms with Crippen molar-refractivity contribution in [1.82, 2.24) is 0 Å². The van der Waals surface area contributed by atoms with Crippen LogP contribution in [0.1, 0.15) is 32.6 Å². The van der Waals surface area contributed by atoms with Crippen molar-refractivity contribution in [3.05, 3.63) is 28.2 Å². The molecule has 1 saturated carbocycles. The van der Waals surface area contributed by atoms with Gasteiger partial charge in [0.05, 0.1) is 15.7 Å². The van der Waals surface area contributed by atoms with Gasteiger partial charge in [-0.3, -0.25) is 0 Å². The molecule has 1 N–H and O–H groups in total. The highest BCUT2D eigenvalue weighted by atomic mass is 35.5. The third-order valence-electron chi connectivity index (χ3n) is 3.44. The first-order chi connectivity index (χ1) is 7.68. The fraction of sp³-hybridized carbons (Fsp3) is 0.538. The minimum atomic E-state index is 0.471. The maximum Gasteiger partial charge on any atom is 0.0823 e. The summed E-state index contributed by atoms with van der Waals surface area (Å²) >= 11 is 12.1. The molecule has 0 spiro atoms. The van der Waals surface area contributed by atoms with Crippen LogP contribution in [0, 0.1) is 5.92 Å². The van der Waals surface area contributed by atoms with Crippen molar-refractivity contribution in [2.45, 2.75) is 38.6 Å². The second-order valence-corrected chi connectivity index (χ2v) is 5.36. The lowest BCUT2D eigenvalue weighted by Crippen LogP contribution is -2.23. The molecule has 1 aliphatic rings. The fourth-order valence-corrected chi connectivity index (χ4v) is 2.79. The molecule has 0 aromatic heterocycles. The third kappa shape index (κ3) is 2.64. The van der Waals surface area contributed by atoms with E-state index in [-0.39, 0.29) is 0 Å². The molecular weight excluding hydrogens is 241 g/mol. The van der Waals surface area contributed by atoms with Gasteiger partial charge in [-0.15, -0.1) is 0 Å². The van der Waals surface area contributed by atoms with Crippen LogP contribution < -0.4 is 5.32 Å². The Morgan fingerprint density at radius 3 is 2.62 bits per heavy atom. The van der Waals surface area contributed by atoms with Gasteiger partial charge in [0, 0.05) is 6.04 Å². The quantitative estimate of drug-likeness (QED) is 0.805. The zero-order chi connectivity index (χ0) is 11.5. The first kappa shape index (κ1) is 12.1. The number of hydrogen-bond donors (Lipinski definition) is 1. The Morgan fingerprint density at radius 2 is 1.94 bits per heavy atom. The molecule has 1 atom stereocenters. The van der Waals surface area contributed by atoms with Crippen molar-refractivity contribution in [3.8, 4) is 0 Å². The smallest absolute Gasteiger partial charge is 0.0823 e.